The van der Waals surface area contributed by atoms with Gasteiger partial charge < -0.3 is 9.64 Å². The molecule has 30 heavy (non-hydrogen) atoms. The number of hydrogen-bond acceptors (Lipinski definition) is 4. The number of fused-ring (bicyclic) bond motifs is 2. The summed E-state index contributed by atoms with van der Waals surface area (Å²) < 4.78 is 5.80. The molecule has 3 heterocycles. The largest absolute Gasteiger partial charge is 0.449 e. The zero-order valence-electron chi connectivity index (χ0n) is 17.1. The third-order valence-electron chi connectivity index (χ3n) is 7.79. The zero-order valence-corrected chi connectivity index (χ0v) is 17.1. The Kier molecular flexibility index (Phi) is 3.86. The Morgan fingerprint density at radius 2 is 1.83 bits per heavy atom. The number of nitrogens with zero attached hydrogens (tertiary/aromatic N) is 2. The molecule has 1 amide bonds. The van der Waals surface area contributed by atoms with Crippen molar-refractivity contribution in [1.29, 1.82) is 0 Å². The molecule has 1 unspecified atom stereocenters. The Balaban J connectivity index is 1.23. The average molecular weight is 402 g/mol. The Labute approximate surface area is 176 Å². The molecule has 5 nitrogen and oxygen atoms in total. The molecule has 0 bridgehead atoms. The first-order valence-electron chi connectivity index (χ1n) is 11.2. The first-order valence-corrected chi connectivity index (χ1v) is 11.2. The van der Waals surface area contributed by atoms with Crippen LogP contribution in [0.5, 0.6) is 0 Å². The van der Waals surface area contributed by atoms with Gasteiger partial charge in [0.25, 0.3) is 0 Å². The molecule has 5 heteroatoms. The van der Waals surface area contributed by atoms with E-state index >= 15 is 0 Å². The number of carbonyl (C=O) groups is 2. The van der Waals surface area contributed by atoms with Crippen LogP contribution in [0.15, 0.2) is 42.7 Å². The van der Waals surface area contributed by atoms with Crippen molar-refractivity contribution in [2.24, 2.45) is 0 Å². The Morgan fingerprint density at radius 3 is 2.57 bits per heavy atom. The molecule has 2 aliphatic carbocycles. The van der Waals surface area contributed by atoms with Crippen molar-refractivity contribution in [3.63, 3.8) is 0 Å². The number of hydrogen-bond donors (Lipinski definition) is 0. The van der Waals surface area contributed by atoms with E-state index in [1.807, 2.05) is 11.0 Å². The van der Waals surface area contributed by atoms with Gasteiger partial charge in [0.05, 0.1) is 17.5 Å². The summed E-state index contributed by atoms with van der Waals surface area (Å²) >= 11 is 0. The monoisotopic (exact) mass is 402 g/mol. The van der Waals surface area contributed by atoms with E-state index in [0.717, 1.165) is 24.0 Å². The van der Waals surface area contributed by atoms with E-state index < -0.39 is 5.60 Å². The smallest absolute Gasteiger partial charge is 0.341 e. The molecular formula is C25H26N2O3. The van der Waals surface area contributed by atoms with Crippen LogP contribution < -0.4 is 0 Å². The van der Waals surface area contributed by atoms with Gasteiger partial charge in [0.15, 0.2) is 5.60 Å². The lowest BCUT2D eigenvalue weighted by atomic mass is 9.90. The van der Waals surface area contributed by atoms with Gasteiger partial charge in [0.1, 0.15) is 0 Å². The van der Waals surface area contributed by atoms with E-state index in [4.69, 9.17) is 4.74 Å². The van der Waals surface area contributed by atoms with Crippen LogP contribution in [-0.4, -0.2) is 34.8 Å². The molecule has 0 radical (unpaired) electrons. The second-order valence-corrected chi connectivity index (χ2v) is 9.47. The van der Waals surface area contributed by atoms with E-state index in [0.29, 0.717) is 31.0 Å². The maximum Gasteiger partial charge on any atom is 0.341 e. The molecule has 2 aromatic rings. The molecule has 2 saturated carbocycles. The number of pyridine rings is 1. The third kappa shape index (κ3) is 2.57. The third-order valence-corrected chi connectivity index (χ3v) is 7.79. The number of rotatable bonds is 3. The lowest BCUT2D eigenvalue weighted by Crippen LogP contribution is -2.40. The van der Waals surface area contributed by atoms with Gasteiger partial charge in [0, 0.05) is 30.9 Å². The number of ether oxygens (including phenoxy) is 1. The van der Waals surface area contributed by atoms with Crippen molar-refractivity contribution in [3.05, 3.63) is 65.0 Å². The van der Waals surface area contributed by atoms with Gasteiger partial charge in [-0.25, -0.2) is 4.79 Å². The lowest BCUT2D eigenvalue weighted by Gasteiger charge is -2.27. The predicted octanol–water partition coefficient (Wildman–Crippen LogP) is 4.07. The summed E-state index contributed by atoms with van der Waals surface area (Å²) in [6, 6.07) is 10.7. The van der Waals surface area contributed by atoms with Gasteiger partial charge in [-0.2, -0.15) is 0 Å². The minimum atomic E-state index is -0.701. The van der Waals surface area contributed by atoms with Crippen LogP contribution in [-0.2, 0) is 20.5 Å². The van der Waals surface area contributed by atoms with Crippen molar-refractivity contribution in [1.82, 2.24) is 9.88 Å². The van der Waals surface area contributed by atoms with Crippen molar-refractivity contribution in [3.8, 4) is 0 Å². The van der Waals surface area contributed by atoms with Crippen LogP contribution in [0.25, 0.3) is 0 Å². The van der Waals surface area contributed by atoms with Crippen LogP contribution in [0.3, 0.4) is 0 Å². The molecule has 3 fully saturated rings. The van der Waals surface area contributed by atoms with Crippen LogP contribution in [0.2, 0.25) is 0 Å². The first kappa shape index (κ1) is 18.1. The normalized spacial score (nSPS) is 26.8. The molecule has 6 rings (SSSR count). The number of amides is 1. The fourth-order valence-electron chi connectivity index (χ4n) is 5.89. The molecule has 1 aromatic carbocycles. The average Bonchev–Trinajstić information content (AvgIpc) is 3.13. The van der Waals surface area contributed by atoms with Crippen molar-refractivity contribution in [2.45, 2.75) is 61.9 Å². The van der Waals surface area contributed by atoms with Crippen LogP contribution in [0.1, 0.15) is 77.9 Å². The summed E-state index contributed by atoms with van der Waals surface area (Å²) in [7, 11) is 0. The van der Waals surface area contributed by atoms with Crippen LogP contribution in [0.4, 0.5) is 0 Å². The molecular weight excluding hydrogens is 376 g/mol. The summed E-state index contributed by atoms with van der Waals surface area (Å²) in [5.74, 6) is 0.553. The fourth-order valence-corrected chi connectivity index (χ4v) is 5.89. The first-order chi connectivity index (χ1) is 14.6. The van der Waals surface area contributed by atoms with E-state index in [2.05, 4.69) is 29.2 Å². The minimum Gasteiger partial charge on any atom is -0.449 e. The summed E-state index contributed by atoms with van der Waals surface area (Å²) in [6.07, 6.45) is 11.0. The zero-order chi connectivity index (χ0) is 20.3. The molecule has 0 N–H and O–H groups in total. The van der Waals surface area contributed by atoms with E-state index in [1.165, 1.54) is 31.2 Å². The Bertz CT molecular complexity index is 1020. The predicted molar refractivity (Wildman–Crippen MR) is 111 cm³/mol. The van der Waals surface area contributed by atoms with Gasteiger partial charge in [-0.15, -0.1) is 0 Å². The quantitative estimate of drug-likeness (QED) is 0.726. The Morgan fingerprint density at radius 1 is 1.07 bits per heavy atom. The number of aromatic nitrogens is 1. The molecule has 1 saturated heterocycles. The summed E-state index contributed by atoms with van der Waals surface area (Å²) in [6.45, 7) is 1.06. The standard InChI is InChI=1S/C25H26N2O3/c28-22-20-15-26-13-9-21(20)25(30-22)12-14-27(16-25)23(29)24(10-11-24)19-7-5-18(6-8-19)17-3-1-2-4-17/h5-9,13,15,17H,1-4,10-12,14,16H2. The highest BCUT2D eigenvalue weighted by atomic mass is 16.6. The highest BCUT2D eigenvalue weighted by Gasteiger charge is 2.57. The minimum absolute atomic E-state index is 0.187. The maximum absolute atomic E-state index is 13.6. The Hall–Kier alpha value is -2.69. The highest BCUT2D eigenvalue weighted by molar-refractivity contribution is 5.95. The summed E-state index contributed by atoms with van der Waals surface area (Å²) in [5, 5.41) is 0. The second kappa shape index (κ2) is 6.40. The molecule has 1 spiro atoms. The van der Waals surface area contributed by atoms with Gasteiger partial charge in [-0.05, 0) is 48.8 Å². The molecule has 2 aliphatic heterocycles. The second-order valence-electron chi connectivity index (χ2n) is 9.47. The van der Waals surface area contributed by atoms with Gasteiger partial charge in [-0.3, -0.25) is 9.78 Å². The van der Waals surface area contributed by atoms with Gasteiger partial charge in [0.2, 0.25) is 5.91 Å². The SMILES string of the molecule is O=C1OC2(CCN(C(=O)C3(c4ccc(C5CCCC5)cc4)CC3)C2)c2ccncc21. The molecule has 4 aliphatic rings. The molecule has 154 valence electrons. The topological polar surface area (TPSA) is 59.5 Å². The van der Waals surface area contributed by atoms with E-state index in [-0.39, 0.29) is 17.3 Å². The van der Waals surface area contributed by atoms with Crippen molar-refractivity contribution < 1.29 is 14.3 Å². The van der Waals surface area contributed by atoms with Gasteiger partial charge >= 0.3 is 5.97 Å². The van der Waals surface area contributed by atoms with E-state index in [1.54, 1.807) is 12.4 Å². The van der Waals surface area contributed by atoms with E-state index in [9.17, 15) is 9.59 Å². The number of likely N-dealkylation sites (tertiary alicyclic amines) is 1. The molecule has 1 atom stereocenters. The van der Waals surface area contributed by atoms with Gasteiger partial charge in [-0.1, -0.05) is 37.1 Å². The fraction of sp³-hybridized carbons (Fsp3) is 0.480. The number of esters is 1. The highest BCUT2D eigenvalue weighted by Crippen LogP contribution is 2.52. The lowest BCUT2D eigenvalue weighted by molar-refractivity contribution is -0.134. The van der Waals surface area contributed by atoms with Crippen LogP contribution >= 0.6 is 0 Å². The number of benzene rings is 1. The van der Waals surface area contributed by atoms with Crippen molar-refractivity contribution >= 4 is 11.9 Å². The number of carbonyl (C=O) groups excluding carboxylic acids is 2. The van der Waals surface area contributed by atoms with Crippen molar-refractivity contribution in [2.75, 3.05) is 13.1 Å². The molecule has 1 aromatic heterocycles. The van der Waals surface area contributed by atoms with Crippen LogP contribution in [0, 0.1) is 0 Å². The summed E-state index contributed by atoms with van der Waals surface area (Å²) in [5.41, 5.74) is 2.89. The maximum atomic E-state index is 13.6. The summed E-state index contributed by atoms with van der Waals surface area (Å²) in [4.78, 5) is 31.9.